The summed E-state index contributed by atoms with van der Waals surface area (Å²) < 4.78 is 10.4. The van der Waals surface area contributed by atoms with Gasteiger partial charge in [-0.1, -0.05) is 11.6 Å². The summed E-state index contributed by atoms with van der Waals surface area (Å²) in [6, 6.07) is 12.1. The van der Waals surface area contributed by atoms with E-state index in [1.165, 1.54) is 6.08 Å². The molecule has 0 saturated heterocycles. The van der Waals surface area contributed by atoms with Gasteiger partial charge in [-0.2, -0.15) is 0 Å². The van der Waals surface area contributed by atoms with E-state index in [1.54, 1.807) is 56.8 Å². The zero-order valence-corrected chi connectivity index (χ0v) is 13.1. The van der Waals surface area contributed by atoms with E-state index in [-0.39, 0.29) is 5.78 Å². The largest absolute Gasteiger partial charge is 0.497 e. The molecule has 0 heterocycles. The highest BCUT2D eigenvalue weighted by molar-refractivity contribution is 6.30. The molecule has 114 valence electrons. The Hall–Kier alpha value is -2.46. The lowest BCUT2D eigenvalue weighted by Gasteiger charge is -2.09. The van der Waals surface area contributed by atoms with Gasteiger partial charge in [-0.3, -0.25) is 4.79 Å². The molecular formula is C17H16ClNO3. The first-order chi connectivity index (χ1) is 10.6. The predicted molar refractivity (Wildman–Crippen MR) is 88.1 cm³/mol. The predicted octanol–water partition coefficient (Wildman–Crippen LogP) is 4.17. The van der Waals surface area contributed by atoms with Crippen LogP contribution in [0.25, 0.3) is 0 Å². The van der Waals surface area contributed by atoms with Crippen molar-refractivity contribution in [2.45, 2.75) is 0 Å². The summed E-state index contributed by atoms with van der Waals surface area (Å²) in [7, 11) is 3.16. The number of rotatable bonds is 6. The van der Waals surface area contributed by atoms with Crippen molar-refractivity contribution in [3.05, 3.63) is 65.3 Å². The molecule has 0 saturated carbocycles. The number of halogens is 1. The molecule has 2 aromatic rings. The third kappa shape index (κ3) is 4.02. The van der Waals surface area contributed by atoms with Crippen LogP contribution in [0.15, 0.2) is 54.7 Å². The summed E-state index contributed by atoms with van der Waals surface area (Å²) in [6.07, 6.45) is 3.02. The highest BCUT2D eigenvalue weighted by atomic mass is 35.5. The second-order valence-corrected chi connectivity index (χ2v) is 4.85. The Morgan fingerprint density at radius 3 is 2.45 bits per heavy atom. The van der Waals surface area contributed by atoms with Crippen molar-refractivity contribution in [2.24, 2.45) is 0 Å². The van der Waals surface area contributed by atoms with Crippen molar-refractivity contribution in [2.75, 3.05) is 19.5 Å². The lowest BCUT2D eigenvalue weighted by Crippen LogP contribution is -1.97. The van der Waals surface area contributed by atoms with Crippen LogP contribution in [-0.2, 0) is 0 Å². The van der Waals surface area contributed by atoms with Gasteiger partial charge in [0.1, 0.15) is 11.5 Å². The SMILES string of the molecule is COc1ccc(NC=CC(=O)c2ccc(Cl)cc2)c(OC)c1. The van der Waals surface area contributed by atoms with Gasteiger partial charge in [-0.05, 0) is 36.4 Å². The zero-order chi connectivity index (χ0) is 15.9. The van der Waals surface area contributed by atoms with Crippen molar-refractivity contribution < 1.29 is 14.3 Å². The Bertz CT molecular complexity index is 681. The van der Waals surface area contributed by atoms with Crippen LogP contribution in [-0.4, -0.2) is 20.0 Å². The molecule has 0 aromatic heterocycles. The molecule has 5 heteroatoms. The third-order valence-corrected chi connectivity index (χ3v) is 3.26. The molecule has 2 rings (SSSR count). The topological polar surface area (TPSA) is 47.6 Å². The molecule has 0 aliphatic rings. The Morgan fingerprint density at radius 1 is 1.09 bits per heavy atom. The van der Waals surface area contributed by atoms with E-state index in [0.717, 1.165) is 5.69 Å². The van der Waals surface area contributed by atoms with Crippen LogP contribution in [0.1, 0.15) is 10.4 Å². The maximum absolute atomic E-state index is 12.0. The van der Waals surface area contributed by atoms with E-state index >= 15 is 0 Å². The van der Waals surface area contributed by atoms with E-state index in [0.29, 0.717) is 22.1 Å². The van der Waals surface area contributed by atoms with Gasteiger partial charge in [-0.15, -0.1) is 0 Å². The fourth-order valence-corrected chi connectivity index (χ4v) is 1.96. The number of nitrogens with one attached hydrogen (secondary N) is 1. The molecule has 0 fully saturated rings. The monoisotopic (exact) mass is 317 g/mol. The normalized spacial score (nSPS) is 10.5. The Balaban J connectivity index is 2.06. The number of hydrogen-bond acceptors (Lipinski definition) is 4. The number of hydrogen-bond donors (Lipinski definition) is 1. The summed E-state index contributed by atoms with van der Waals surface area (Å²) in [6.45, 7) is 0. The van der Waals surface area contributed by atoms with Gasteiger partial charge < -0.3 is 14.8 Å². The Morgan fingerprint density at radius 2 is 1.82 bits per heavy atom. The quantitative estimate of drug-likeness (QED) is 0.642. The summed E-state index contributed by atoms with van der Waals surface area (Å²) in [5, 5.41) is 3.62. The molecule has 2 aromatic carbocycles. The highest BCUT2D eigenvalue weighted by Gasteiger charge is 2.04. The van der Waals surface area contributed by atoms with Gasteiger partial charge in [0.05, 0.1) is 19.9 Å². The van der Waals surface area contributed by atoms with Gasteiger partial charge in [0.2, 0.25) is 0 Å². The molecule has 4 nitrogen and oxygen atoms in total. The van der Waals surface area contributed by atoms with Crippen molar-refractivity contribution in [3.8, 4) is 11.5 Å². The lowest BCUT2D eigenvalue weighted by molar-refractivity contribution is 0.104. The maximum atomic E-state index is 12.0. The minimum atomic E-state index is -0.114. The number of benzene rings is 2. The highest BCUT2D eigenvalue weighted by Crippen LogP contribution is 2.28. The number of allylic oxidation sites excluding steroid dienone is 1. The summed E-state index contributed by atoms with van der Waals surface area (Å²) in [4.78, 5) is 12.0. The average Bonchev–Trinajstić information content (AvgIpc) is 2.55. The molecule has 0 unspecified atom stereocenters. The molecule has 0 radical (unpaired) electrons. The van der Waals surface area contributed by atoms with Crippen molar-refractivity contribution in [1.82, 2.24) is 0 Å². The van der Waals surface area contributed by atoms with Crippen LogP contribution in [0.2, 0.25) is 5.02 Å². The van der Waals surface area contributed by atoms with Crippen LogP contribution >= 0.6 is 11.6 Å². The van der Waals surface area contributed by atoms with Crippen molar-refractivity contribution >= 4 is 23.1 Å². The Labute approximate surface area is 134 Å². The van der Waals surface area contributed by atoms with Gasteiger partial charge in [-0.25, -0.2) is 0 Å². The summed E-state index contributed by atoms with van der Waals surface area (Å²) >= 11 is 5.79. The molecule has 0 aliphatic carbocycles. The first kappa shape index (κ1) is 15.9. The number of carbonyl (C=O) groups excluding carboxylic acids is 1. The zero-order valence-electron chi connectivity index (χ0n) is 12.3. The standard InChI is InChI=1S/C17H16ClNO3/c1-21-14-7-8-15(17(11-14)22-2)19-10-9-16(20)12-3-5-13(18)6-4-12/h3-11,19H,1-2H3. The number of ether oxygens (including phenoxy) is 2. The van der Waals surface area contributed by atoms with Gasteiger partial charge in [0.25, 0.3) is 0 Å². The fraction of sp³-hybridized carbons (Fsp3) is 0.118. The van der Waals surface area contributed by atoms with Crippen LogP contribution in [0.5, 0.6) is 11.5 Å². The van der Waals surface area contributed by atoms with Gasteiger partial charge in [0.15, 0.2) is 5.78 Å². The van der Waals surface area contributed by atoms with E-state index in [1.807, 2.05) is 6.07 Å². The minimum absolute atomic E-state index is 0.114. The molecule has 0 aliphatic heterocycles. The first-order valence-corrected chi connectivity index (χ1v) is 6.97. The second-order valence-electron chi connectivity index (χ2n) is 4.42. The smallest absolute Gasteiger partial charge is 0.187 e. The van der Waals surface area contributed by atoms with Crippen LogP contribution < -0.4 is 14.8 Å². The van der Waals surface area contributed by atoms with Crippen LogP contribution in [0, 0.1) is 0 Å². The lowest BCUT2D eigenvalue weighted by atomic mass is 10.1. The number of anilines is 1. The van der Waals surface area contributed by atoms with E-state index in [4.69, 9.17) is 21.1 Å². The van der Waals surface area contributed by atoms with E-state index in [9.17, 15) is 4.79 Å². The average molecular weight is 318 g/mol. The summed E-state index contributed by atoms with van der Waals surface area (Å²) in [5.41, 5.74) is 1.31. The number of ketones is 1. The van der Waals surface area contributed by atoms with Crippen LogP contribution in [0.3, 0.4) is 0 Å². The second kappa shape index (κ2) is 7.52. The van der Waals surface area contributed by atoms with E-state index in [2.05, 4.69) is 5.32 Å². The fourth-order valence-electron chi connectivity index (χ4n) is 1.84. The molecule has 0 bridgehead atoms. The molecule has 0 atom stereocenters. The minimum Gasteiger partial charge on any atom is -0.497 e. The summed E-state index contributed by atoms with van der Waals surface area (Å²) in [5.74, 6) is 1.21. The Kier molecular flexibility index (Phi) is 5.44. The van der Waals surface area contributed by atoms with Crippen molar-refractivity contribution in [3.63, 3.8) is 0 Å². The first-order valence-electron chi connectivity index (χ1n) is 6.59. The van der Waals surface area contributed by atoms with Crippen molar-refractivity contribution in [1.29, 1.82) is 0 Å². The molecular weight excluding hydrogens is 302 g/mol. The molecule has 0 spiro atoms. The van der Waals surface area contributed by atoms with Gasteiger partial charge >= 0.3 is 0 Å². The van der Waals surface area contributed by atoms with Gasteiger partial charge in [0, 0.05) is 28.9 Å². The molecule has 22 heavy (non-hydrogen) atoms. The maximum Gasteiger partial charge on any atom is 0.187 e. The van der Waals surface area contributed by atoms with E-state index < -0.39 is 0 Å². The molecule has 1 N–H and O–H groups in total. The molecule has 0 amide bonds. The number of carbonyl (C=O) groups is 1. The van der Waals surface area contributed by atoms with Crippen LogP contribution in [0.4, 0.5) is 5.69 Å². The number of methoxy groups -OCH3 is 2. The third-order valence-electron chi connectivity index (χ3n) is 3.01.